The predicted molar refractivity (Wildman–Crippen MR) is 65.0 cm³/mol. The van der Waals surface area contributed by atoms with Gasteiger partial charge >= 0.3 is 36.4 Å². The molecule has 0 bridgehead atoms. The zero-order valence-corrected chi connectivity index (χ0v) is 13.6. The Morgan fingerprint density at radius 3 is 1.84 bits per heavy atom. The van der Waals surface area contributed by atoms with Gasteiger partial charge in [0.05, 0.1) is 6.67 Å². The second-order valence-electron chi connectivity index (χ2n) is 4.53. The molecule has 1 heterocycles. The first-order valence-electron chi connectivity index (χ1n) is 5.97. The summed E-state index contributed by atoms with van der Waals surface area (Å²) in [6, 6.07) is 0. The summed E-state index contributed by atoms with van der Waals surface area (Å²) in [4.78, 5) is 4.58. The molecular weight excluding hydrogens is 384 g/mol. The molecule has 1 aliphatic rings. The molecule has 0 aromatic rings. The quantitative estimate of drug-likeness (QED) is 0.381. The number of hydrogen-bond donors (Lipinski definition) is 0. The van der Waals surface area contributed by atoms with Gasteiger partial charge in [-0.25, -0.2) is 0 Å². The molecule has 0 fully saturated rings. The van der Waals surface area contributed by atoms with Gasteiger partial charge in [0.1, 0.15) is 0 Å². The van der Waals surface area contributed by atoms with Crippen molar-refractivity contribution in [2.24, 2.45) is 0 Å². The Balaban J connectivity index is 0.000000399. The molecule has 0 atom stereocenters. The third-order valence-electron chi connectivity index (χ3n) is 2.24. The third kappa shape index (κ3) is 20.2. The van der Waals surface area contributed by atoms with Crippen molar-refractivity contribution in [2.75, 3.05) is 20.3 Å². The summed E-state index contributed by atoms with van der Waals surface area (Å²) in [6.45, 7) is 4.55. The number of rotatable bonds is 5. The van der Waals surface area contributed by atoms with Crippen LogP contribution in [0.4, 0.5) is 16.9 Å². The van der Waals surface area contributed by atoms with Crippen molar-refractivity contribution in [3.05, 3.63) is 12.4 Å². The Morgan fingerprint density at radius 1 is 0.947 bits per heavy atom. The van der Waals surface area contributed by atoms with Crippen LogP contribution in [0.2, 0.25) is 0 Å². The van der Waals surface area contributed by atoms with Gasteiger partial charge in [-0.1, -0.05) is 26.2 Å². The van der Waals surface area contributed by atoms with Crippen molar-refractivity contribution in [1.29, 1.82) is 0 Å². The molecule has 0 N–H and O–H groups in total. The maximum absolute atomic E-state index is 11.2. The fraction of sp³-hybridized carbons (Fsp3) is 0.800. The van der Waals surface area contributed by atoms with Crippen LogP contribution in [0.5, 0.6) is 0 Å². The van der Waals surface area contributed by atoms with Crippen LogP contribution in [0.3, 0.4) is 0 Å². The molecule has 0 spiro atoms. The number of unbranched alkanes of at least 4 members (excludes halogenated alkanes) is 3. The van der Waals surface area contributed by atoms with E-state index in [4.69, 9.17) is 0 Å². The molecular formula is C10H20F6N2Sb-. The Hall–Kier alpha value is -0.262. The molecule has 0 aromatic carbocycles. The second-order valence-corrected chi connectivity index (χ2v) is 10.00. The van der Waals surface area contributed by atoms with Gasteiger partial charge in [0.15, 0.2) is 0 Å². The number of hydrogen-bond acceptors (Lipinski definition) is 2. The van der Waals surface area contributed by atoms with Crippen LogP contribution < -0.4 is 0 Å². The molecule has 1 rings (SSSR count). The maximum atomic E-state index is 9.93. The van der Waals surface area contributed by atoms with Crippen molar-refractivity contribution in [3.8, 4) is 0 Å². The van der Waals surface area contributed by atoms with E-state index in [0.29, 0.717) is 0 Å². The summed E-state index contributed by atoms with van der Waals surface area (Å²) in [5, 5.41) is 0. The monoisotopic (exact) mass is 403 g/mol. The summed E-state index contributed by atoms with van der Waals surface area (Å²) < 4.78 is 59.6. The molecule has 0 amide bonds. The second kappa shape index (κ2) is 6.02. The van der Waals surface area contributed by atoms with E-state index >= 15 is 0 Å². The van der Waals surface area contributed by atoms with Crippen molar-refractivity contribution in [1.82, 2.24) is 9.80 Å². The van der Waals surface area contributed by atoms with Gasteiger partial charge in [-0.3, -0.25) is 0 Å². The van der Waals surface area contributed by atoms with E-state index in [1.807, 2.05) is 0 Å². The first-order valence-corrected chi connectivity index (χ1v) is 11.8. The first kappa shape index (κ1) is 18.7. The van der Waals surface area contributed by atoms with Crippen LogP contribution in [0, 0.1) is 0 Å². The Morgan fingerprint density at radius 2 is 1.47 bits per heavy atom. The Bertz CT molecular complexity index is 287. The molecule has 2 nitrogen and oxygen atoms in total. The average molecular weight is 404 g/mol. The van der Waals surface area contributed by atoms with Gasteiger partial charge in [0.2, 0.25) is 0 Å². The van der Waals surface area contributed by atoms with E-state index in [1.165, 1.54) is 32.2 Å². The van der Waals surface area contributed by atoms with Crippen LogP contribution in [0.25, 0.3) is 0 Å². The number of halogens is 6. The predicted octanol–water partition coefficient (Wildman–Crippen LogP) is 4.38. The molecule has 0 saturated carbocycles. The minimum absolute atomic E-state index is 1.08. The van der Waals surface area contributed by atoms with E-state index in [-0.39, 0.29) is 0 Å². The standard InChI is InChI=1S/C10H20N2.6FH.Sb/c1-3-4-5-6-7-12-9-8-11(2)10-12;;;;;;;/h8-9H,3-7,10H2,1-2H3;6*1H;/q;;;;;;;+5/p-6. The van der Waals surface area contributed by atoms with E-state index in [0.717, 1.165) is 6.67 Å². The zero-order chi connectivity index (χ0) is 15.2. The Kier molecular flexibility index (Phi) is 5.93. The van der Waals surface area contributed by atoms with Gasteiger partial charge in [-0.15, -0.1) is 0 Å². The number of nitrogens with zero attached hydrogens (tertiary/aromatic N) is 2. The van der Waals surface area contributed by atoms with E-state index in [2.05, 4.69) is 36.2 Å². The van der Waals surface area contributed by atoms with Crippen LogP contribution in [-0.4, -0.2) is 49.5 Å². The normalized spacial score (nSPS) is 18.7. The summed E-state index contributed by atoms with van der Waals surface area (Å²) in [7, 11) is 2.11. The van der Waals surface area contributed by atoms with Crippen molar-refractivity contribution in [3.63, 3.8) is 0 Å². The van der Waals surface area contributed by atoms with Crippen LogP contribution in [0.1, 0.15) is 32.6 Å². The zero-order valence-electron chi connectivity index (χ0n) is 11.0. The fourth-order valence-electron chi connectivity index (χ4n) is 1.48. The third-order valence-corrected chi connectivity index (χ3v) is 2.24. The van der Waals surface area contributed by atoms with Crippen molar-refractivity contribution in [2.45, 2.75) is 32.6 Å². The summed E-state index contributed by atoms with van der Waals surface area (Å²) in [6.07, 6.45) is 9.76. The summed E-state index contributed by atoms with van der Waals surface area (Å²) >= 11 is -11.2. The van der Waals surface area contributed by atoms with Crippen LogP contribution in [-0.2, 0) is 0 Å². The van der Waals surface area contributed by atoms with Crippen LogP contribution in [0.15, 0.2) is 12.4 Å². The molecule has 118 valence electrons. The molecule has 19 heavy (non-hydrogen) atoms. The van der Waals surface area contributed by atoms with Crippen molar-refractivity contribution >= 4 is 19.5 Å². The van der Waals surface area contributed by atoms with E-state index in [9.17, 15) is 16.9 Å². The molecule has 0 radical (unpaired) electrons. The van der Waals surface area contributed by atoms with E-state index < -0.39 is 19.5 Å². The topological polar surface area (TPSA) is 6.48 Å². The van der Waals surface area contributed by atoms with Gasteiger partial charge in [0.25, 0.3) is 0 Å². The molecule has 0 aliphatic carbocycles. The molecule has 0 saturated heterocycles. The molecule has 0 aromatic heterocycles. The van der Waals surface area contributed by atoms with Gasteiger partial charge in [-0.2, -0.15) is 0 Å². The average Bonchev–Trinajstić information content (AvgIpc) is 2.54. The molecule has 1 aliphatic heterocycles. The van der Waals surface area contributed by atoms with Gasteiger partial charge in [0, 0.05) is 26.0 Å². The summed E-state index contributed by atoms with van der Waals surface area (Å²) in [5.74, 6) is 0. The Labute approximate surface area is 111 Å². The first-order chi connectivity index (χ1) is 8.28. The van der Waals surface area contributed by atoms with E-state index in [1.54, 1.807) is 0 Å². The summed E-state index contributed by atoms with van der Waals surface area (Å²) in [5.41, 5.74) is 0. The molecule has 0 unspecified atom stereocenters. The van der Waals surface area contributed by atoms with Crippen molar-refractivity contribution < 1.29 is 16.9 Å². The minimum atomic E-state index is -11.2. The SMILES string of the molecule is CCCCCCN1C=CN(C)C1.[F][Sb-]([F])([F])([F])([F])[F]. The van der Waals surface area contributed by atoms with Gasteiger partial charge < -0.3 is 9.80 Å². The molecule has 9 heteroatoms. The van der Waals surface area contributed by atoms with Gasteiger partial charge in [-0.05, 0) is 6.42 Å². The van der Waals surface area contributed by atoms with Crippen LogP contribution >= 0.6 is 0 Å². The fourth-order valence-corrected chi connectivity index (χ4v) is 1.48.